The fourth-order valence-electron chi connectivity index (χ4n) is 9.93. The van der Waals surface area contributed by atoms with E-state index in [1.807, 2.05) is 0 Å². The molecule has 0 aromatic carbocycles. The Bertz CT molecular complexity index is 1010. The molecule has 0 saturated carbocycles. The van der Waals surface area contributed by atoms with Crippen LogP contribution in [0.15, 0.2) is 25.3 Å². The van der Waals surface area contributed by atoms with Gasteiger partial charge in [-0.25, -0.2) is 0 Å². The van der Waals surface area contributed by atoms with Crippen LogP contribution in [0.5, 0.6) is 0 Å². The van der Waals surface area contributed by atoms with Gasteiger partial charge in [0.1, 0.15) is 0 Å². The predicted octanol–water partition coefficient (Wildman–Crippen LogP) is 5.60. The van der Waals surface area contributed by atoms with Crippen LogP contribution in [-0.2, 0) is 26.7 Å². The number of carboxylic acid groups (broad SMARTS) is 2. The summed E-state index contributed by atoms with van der Waals surface area (Å²) >= 11 is 0. The van der Waals surface area contributed by atoms with Gasteiger partial charge in [-0.15, -0.1) is 37.3 Å². The zero-order valence-corrected chi connectivity index (χ0v) is 27.5. The topological polar surface area (TPSA) is 127 Å². The molecule has 8 bridgehead atoms. The van der Waals surface area contributed by atoms with Gasteiger partial charge < -0.3 is 31.5 Å². The third-order valence-electron chi connectivity index (χ3n) is 12.5. The van der Waals surface area contributed by atoms with Crippen LogP contribution in [0.1, 0.15) is 79.1 Å². The van der Waals surface area contributed by atoms with E-state index in [2.05, 4.69) is 63.6 Å². The average Bonchev–Trinajstić information content (AvgIpc) is 3.59. The molecule has 0 aliphatic carbocycles. The second kappa shape index (κ2) is 14.5. The van der Waals surface area contributed by atoms with Crippen LogP contribution in [-0.4, -0.2) is 70.5 Å². The summed E-state index contributed by atoms with van der Waals surface area (Å²) in [7, 11) is 0. The Hall–Kier alpha value is -1.22. The summed E-state index contributed by atoms with van der Waals surface area (Å²) < 4.78 is 0. The summed E-state index contributed by atoms with van der Waals surface area (Å²) in [6.07, 6.45) is 9.62. The molecule has 0 amide bonds. The van der Waals surface area contributed by atoms with Gasteiger partial charge in [0.15, 0.2) is 0 Å². The number of nitrogens with one attached hydrogen (secondary N) is 2. The molecular weight excluding hydrogens is 584 g/mol. The average molecular weight is 639 g/mol. The number of aliphatic carboxylic acids is 2. The Morgan fingerprint density at radius 3 is 1.77 bits per heavy atom. The Labute approximate surface area is 269 Å². The first-order valence-corrected chi connectivity index (χ1v) is 16.6. The number of nitrogens with zero attached hydrogens (tertiary/aromatic N) is 2. The molecule has 4 N–H and O–H groups in total. The first-order valence-electron chi connectivity index (χ1n) is 16.6. The molecule has 241 valence electrons. The van der Waals surface area contributed by atoms with Gasteiger partial charge in [-0.1, -0.05) is 83.3 Å². The van der Waals surface area contributed by atoms with Gasteiger partial charge in [-0.05, 0) is 42.4 Å². The normalized spacial score (nSPS) is 47.5. The molecule has 0 aromatic heterocycles. The Morgan fingerprint density at radius 2 is 1.14 bits per heavy atom. The van der Waals surface area contributed by atoms with Crippen molar-refractivity contribution in [2.24, 2.45) is 47.3 Å². The standard InChI is InChI=1S/C34H54N4O4.Fe/c1-7-21-17(3)25-13-26-19(5)23(9-11-33(39)40)31(37-26)16-32-24(10-12-34(41)42)20(6)28(38-32)15-30-22(8-2)18(4)27(36-30)14-29(21)35-25;/h7-8,17-32,35,38H,1-2,9-16H2,3-6H3,(H,39,40)(H,41,42);/q-2;+3. The van der Waals surface area contributed by atoms with Crippen LogP contribution in [0.2, 0.25) is 0 Å². The van der Waals surface area contributed by atoms with Crippen molar-refractivity contribution in [3.63, 3.8) is 0 Å². The maximum atomic E-state index is 11.6. The van der Waals surface area contributed by atoms with E-state index in [1.54, 1.807) is 0 Å². The fourth-order valence-corrected chi connectivity index (χ4v) is 9.93. The molecule has 0 spiro atoms. The van der Waals surface area contributed by atoms with Crippen molar-refractivity contribution in [3.05, 3.63) is 35.9 Å². The second-order valence-corrected chi connectivity index (χ2v) is 14.5. The quantitative estimate of drug-likeness (QED) is 0.203. The van der Waals surface area contributed by atoms with Crippen molar-refractivity contribution in [1.82, 2.24) is 10.6 Å². The van der Waals surface area contributed by atoms with Crippen LogP contribution in [0.4, 0.5) is 0 Å². The van der Waals surface area contributed by atoms with Gasteiger partial charge in [0.05, 0.1) is 0 Å². The maximum Gasteiger partial charge on any atom is 3.00 e. The summed E-state index contributed by atoms with van der Waals surface area (Å²) in [4.78, 5) is 23.3. The Morgan fingerprint density at radius 1 is 0.651 bits per heavy atom. The van der Waals surface area contributed by atoms with E-state index in [-0.39, 0.29) is 78.0 Å². The largest absolute Gasteiger partial charge is 3.00 e. The molecule has 0 aromatic rings. The molecule has 5 fully saturated rings. The molecule has 43 heavy (non-hydrogen) atoms. The van der Waals surface area contributed by atoms with E-state index in [0.29, 0.717) is 60.4 Å². The van der Waals surface area contributed by atoms with Gasteiger partial charge in [0.25, 0.3) is 0 Å². The molecule has 16 unspecified atom stereocenters. The minimum absolute atomic E-state index is 0. The van der Waals surface area contributed by atoms with Crippen molar-refractivity contribution in [1.29, 1.82) is 0 Å². The second-order valence-electron chi connectivity index (χ2n) is 14.5. The van der Waals surface area contributed by atoms with E-state index in [0.717, 1.165) is 25.7 Å². The zero-order valence-electron chi connectivity index (χ0n) is 26.4. The number of rotatable bonds is 8. The third-order valence-corrected chi connectivity index (χ3v) is 12.5. The molecule has 5 aliphatic heterocycles. The molecule has 16 atom stereocenters. The Kier molecular flexibility index (Phi) is 11.7. The summed E-state index contributed by atoms with van der Waals surface area (Å²) in [5, 5.41) is 38.0. The first kappa shape index (κ1) is 34.6. The van der Waals surface area contributed by atoms with Crippen LogP contribution in [0.3, 0.4) is 0 Å². The van der Waals surface area contributed by atoms with Crippen LogP contribution < -0.4 is 10.6 Å². The summed E-state index contributed by atoms with van der Waals surface area (Å²) in [5.41, 5.74) is 0. The predicted molar refractivity (Wildman–Crippen MR) is 167 cm³/mol. The summed E-state index contributed by atoms with van der Waals surface area (Å²) in [5.74, 6) is 1.21. The zero-order chi connectivity index (χ0) is 30.3. The van der Waals surface area contributed by atoms with E-state index in [1.165, 1.54) is 0 Å². The van der Waals surface area contributed by atoms with Crippen molar-refractivity contribution in [2.75, 3.05) is 0 Å². The minimum Gasteiger partial charge on any atom is -0.656 e. The molecular formula is C34H54FeN4O4+. The molecule has 1 radical (unpaired) electrons. The molecule has 9 heteroatoms. The monoisotopic (exact) mass is 638 g/mol. The van der Waals surface area contributed by atoms with Crippen LogP contribution >= 0.6 is 0 Å². The maximum absolute atomic E-state index is 11.6. The van der Waals surface area contributed by atoms with Crippen molar-refractivity contribution < 1.29 is 36.9 Å². The van der Waals surface area contributed by atoms with Crippen molar-refractivity contribution >= 4 is 11.9 Å². The molecule has 5 heterocycles. The number of hydrogen-bond donors (Lipinski definition) is 4. The first-order chi connectivity index (χ1) is 20.0. The van der Waals surface area contributed by atoms with E-state index in [9.17, 15) is 19.8 Å². The smallest absolute Gasteiger partial charge is 0.656 e. The third kappa shape index (κ3) is 7.12. The number of carboxylic acids is 2. The van der Waals surface area contributed by atoms with Crippen LogP contribution in [0, 0.1) is 47.3 Å². The fraction of sp³-hybridized carbons (Fsp3) is 0.824. The van der Waals surface area contributed by atoms with Gasteiger partial charge >= 0.3 is 29.0 Å². The van der Waals surface area contributed by atoms with Crippen LogP contribution in [0.25, 0.3) is 10.6 Å². The van der Waals surface area contributed by atoms with Crippen molar-refractivity contribution in [2.45, 2.75) is 127 Å². The SMILES string of the molecule is C=CC1C2CC3NC(CC4[N-]C(CC5NC(CC([N-]2)C1C)C(C=C)C5C)C(C)C4CCC(=O)O)C(CCC(=O)O)C3C.[Fe+3]. The van der Waals surface area contributed by atoms with Gasteiger partial charge in [-0.2, -0.15) is 0 Å². The van der Waals surface area contributed by atoms with E-state index in [4.69, 9.17) is 10.6 Å². The van der Waals surface area contributed by atoms with Gasteiger partial charge in [0, 0.05) is 37.0 Å². The van der Waals surface area contributed by atoms with Gasteiger partial charge in [-0.3, -0.25) is 9.59 Å². The number of hydrogen-bond acceptors (Lipinski definition) is 4. The summed E-state index contributed by atoms with van der Waals surface area (Å²) in [6.45, 7) is 17.7. The number of carbonyl (C=O) groups is 2. The number of fused-ring (bicyclic) bond motifs is 8. The van der Waals surface area contributed by atoms with Gasteiger partial charge in [0.2, 0.25) is 0 Å². The Balaban J connectivity index is 0.00000423. The molecule has 5 rings (SSSR count). The minimum atomic E-state index is -0.748. The molecule has 8 nitrogen and oxygen atoms in total. The summed E-state index contributed by atoms with van der Waals surface area (Å²) in [6, 6.07) is 1.83. The van der Waals surface area contributed by atoms with E-state index < -0.39 is 11.9 Å². The van der Waals surface area contributed by atoms with Crippen molar-refractivity contribution in [3.8, 4) is 0 Å². The molecule has 5 aliphatic rings. The molecule has 5 saturated heterocycles. The van der Waals surface area contributed by atoms with E-state index >= 15 is 0 Å².